The van der Waals surface area contributed by atoms with Crippen molar-refractivity contribution in [3.8, 4) is 11.5 Å². The molecule has 6 heteroatoms. The first-order chi connectivity index (χ1) is 18.7. The Balaban J connectivity index is 1.38. The Morgan fingerprint density at radius 1 is 0.816 bits per heavy atom. The van der Waals surface area contributed by atoms with Gasteiger partial charge in [-0.2, -0.15) is 0 Å². The second-order valence-electron chi connectivity index (χ2n) is 10.2. The minimum absolute atomic E-state index is 0.0359. The summed E-state index contributed by atoms with van der Waals surface area (Å²) in [6, 6.07) is 25.3. The van der Waals surface area contributed by atoms with Gasteiger partial charge in [-0.1, -0.05) is 79.6 Å². The van der Waals surface area contributed by atoms with Crippen molar-refractivity contribution in [2.45, 2.75) is 63.6 Å². The predicted octanol–water partition coefficient (Wildman–Crippen LogP) is 5.09. The van der Waals surface area contributed by atoms with E-state index < -0.39 is 6.04 Å². The summed E-state index contributed by atoms with van der Waals surface area (Å²) >= 11 is 0. The van der Waals surface area contributed by atoms with E-state index in [1.54, 1.807) is 4.90 Å². The van der Waals surface area contributed by atoms with Crippen LogP contribution in [0.4, 0.5) is 0 Å². The SMILES string of the molecule is O=C(NC1CCCC1)[C@@H](Cc1ccccc1)N(Cc1ccccc1)C(=O)CCc1ccc2c(c1)OCCO2. The minimum atomic E-state index is -0.592. The van der Waals surface area contributed by atoms with Crippen LogP contribution in [0.25, 0.3) is 0 Å². The highest BCUT2D eigenvalue weighted by Gasteiger charge is 2.32. The van der Waals surface area contributed by atoms with Crippen LogP contribution in [0.15, 0.2) is 78.9 Å². The summed E-state index contributed by atoms with van der Waals surface area (Å²) in [7, 11) is 0. The van der Waals surface area contributed by atoms with E-state index in [-0.39, 0.29) is 17.9 Å². The topological polar surface area (TPSA) is 67.9 Å². The van der Waals surface area contributed by atoms with Crippen LogP contribution in [0.1, 0.15) is 48.8 Å². The number of nitrogens with one attached hydrogen (secondary N) is 1. The fourth-order valence-electron chi connectivity index (χ4n) is 5.34. The quantitative estimate of drug-likeness (QED) is 0.411. The molecule has 1 N–H and O–H groups in total. The summed E-state index contributed by atoms with van der Waals surface area (Å²) in [6.07, 6.45) is 5.60. The molecule has 0 aromatic heterocycles. The van der Waals surface area contributed by atoms with Crippen LogP contribution >= 0.6 is 0 Å². The first-order valence-corrected chi connectivity index (χ1v) is 13.7. The number of ether oxygens (including phenoxy) is 2. The van der Waals surface area contributed by atoms with Crippen molar-refractivity contribution in [3.63, 3.8) is 0 Å². The Morgan fingerprint density at radius 2 is 1.47 bits per heavy atom. The molecule has 1 fully saturated rings. The summed E-state index contributed by atoms with van der Waals surface area (Å²) < 4.78 is 11.4. The maximum absolute atomic E-state index is 13.9. The van der Waals surface area contributed by atoms with E-state index in [1.165, 1.54) is 0 Å². The van der Waals surface area contributed by atoms with E-state index in [9.17, 15) is 9.59 Å². The van der Waals surface area contributed by atoms with E-state index in [0.717, 1.165) is 53.9 Å². The molecule has 0 saturated heterocycles. The Bertz CT molecular complexity index is 1210. The van der Waals surface area contributed by atoms with Crippen LogP contribution in [0.3, 0.4) is 0 Å². The van der Waals surface area contributed by atoms with Crippen LogP contribution in [-0.2, 0) is 29.0 Å². The average molecular weight is 513 g/mol. The molecule has 3 aromatic rings. The Hall–Kier alpha value is -3.80. The van der Waals surface area contributed by atoms with E-state index in [4.69, 9.17) is 9.47 Å². The third kappa shape index (κ3) is 6.74. The van der Waals surface area contributed by atoms with Gasteiger partial charge in [-0.05, 0) is 48.1 Å². The van der Waals surface area contributed by atoms with E-state index in [2.05, 4.69) is 5.32 Å². The van der Waals surface area contributed by atoms with E-state index in [1.807, 2.05) is 78.9 Å². The largest absolute Gasteiger partial charge is 0.486 e. The lowest BCUT2D eigenvalue weighted by Gasteiger charge is -2.32. The molecule has 2 aliphatic rings. The van der Waals surface area contributed by atoms with Gasteiger partial charge in [0.15, 0.2) is 11.5 Å². The van der Waals surface area contributed by atoms with E-state index >= 15 is 0 Å². The molecule has 38 heavy (non-hydrogen) atoms. The van der Waals surface area contributed by atoms with Gasteiger partial charge in [0.25, 0.3) is 0 Å². The number of aryl methyl sites for hydroxylation is 1. The zero-order chi connectivity index (χ0) is 26.2. The second kappa shape index (κ2) is 12.6. The molecule has 1 saturated carbocycles. The third-order valence-corrected chi connectivity index (χ3v) is 7.40. The lowest BCUT2D eigenvalue weighted by atomic mass is 10.0. The molecule has 6 nitrogen and oxygen atoms in total. The number of hydrogen-bond donors (Lipinski definition) is 1. The fraction of sp³-hybridized carbons (Fsp3) is 0.375. The van der Waals surface area contributed by atoms with Gasteiger partial charge in [-0.25, -0.2) is 0 Å². The summed E-state index contributed by atoms with van der Waals surface area (Å²) in [5.74, 6) is 1.36. The first-order valence-electron chi connectivity index (χ1n) is 13.7. The molecule has 1 atom stereocenters. The van der Waals surface area contributed by atoms with Crippen molar-refractivity contribution >= 4 is 11.8 Å². The monoisotopic (exact) mass is 512 g/mol. The molecule has 2 amide bonds. The van der Waals surface area contributed by atoms with Gasteiger partial charge in [-0.3, -0.25) is 9.59 Å². The molecule has 5 rings (SSSR count). The van der Waals surface area contributed by atoms with Crippen molar-refractivity contribution < 1.29 is 19.1 Å². The number of carbonyl (C=O) groups is 2. The maximum atomic E-state index is 13.9. The molecule has 1 aliphatic heterocycles. The molecule has 198 valence electrons. The third-order valence-electron chi connectivity index (χ3n) is 7.40. The molecule has 1 aliphatic carbocycles. The minimum Gasteiger partial charge on any atom is -0.486 e. The summed E-state index contributed by atoms with van der Waals surface area (Å²) in [4.78, 5) is 29.4. The van der Waals surface area contributed by atoms with Gasteiger partial charge in [0.1, 0.15) is 19.3 Å². The molecule has 3 aromatic carbocycles. The summed E-state index contributed by atoms with van der Waals surface area (Å²) in [5.41, 5.74) is 3.06. The molecule has 0 unspecified atom stereocenters. The Morgan fingerprint density at radius 3 is 2.18 bits per heavy atom. The lowest BCUT2D eigenvalue weighted by molar-refractivity contribution is -0.141. The summed E-state index contributed by atoms with van der Waals surface area (Å²) in [5, 5.41) is 3.27. The van der Waals surface area contributed by atoms with Gasteiger partial charge in [-0.15, -0.1) is 0 Å². The molecule has 1 heterocycles. The van der Waals surface area contributed by atoms with Crippen LogP contribution in [0.2, 0.25) is 0 Å². The van der Waals surface area contributed by atoms with Gasteiger partial charge < -0.3 is 19.7 Å². The van der Waals surface area contributed by atoms with E-state index in [0.29, 0.717) is 39.0 Å². The fourth-order valence-corrected chi connectivity index (χ4v) is 5.34. The molecular formula is C32H36N2O4. The Labute approximate surface area is 225 Å². The van der Waals surface area contributed by atoms with Crippen LogP contribution in [-0.4, -0.2) is 42.0 Å². The number of amides is 2. The van der Waals surface area contributed by atoms with Gasteiger partial charge in [0.05, 0.1) is 0 Å². The maximum Gasteiger partial charge on any atom is 0.243 e. The van der Waals surface area contributed by atoms with Crippen molar-refractivity contribution in [1.82, 2.24) is 10.2 Å². The normalized spacial score (nSPS) is 15.6. The van der Waals surface area contributed by atoms with Crippen molar-refractivity contribution in [2.24, 2.45) is 0 Å². The number of benzene rings is 3. The highest BCUT2D eigenvalue weighted by atomic mass is 16.6. The first kappa shape index (κ1) is 25.8. The summed E-state index contributed by atoms with van der Waals surface area (Å²) in [6.45, 7) is 1.46. The second-order valence-corrected chi connectivity index (χ2v) is 10.2. The number of carbonyl (C=O) groups excluding carboxylic acids is 2. The standard InChI is InChI=1S/C32H36N2O4/c35-31(18-16-25-15-17-29-30(22-25)38-20-19-37-29)34(23-26-11-5-2-6-12-26)28(21-24-9-3-1-4-10-24)32(36)33-27-13-7-8-14-27/h1-6,9-12,15,17,22,27-28H,7-8,13-14,16,18-21,23H2,(H,33,36)/t28-/m1/s1. The van der Waals surface area contributed by atoms with Crippen molar-refractivity contribution in [2.75, 3.05) is 13.2 Å². The number of fused-ring (bicyclic) bond motifs is 1. The Kier molecular flexibility index (Phi) is 8.59. The van der Waals surface area contributed by atoms with Gasteiger partial charge in [0, 0.05) is 25.4 Å². The number of nitrogens with zero attached hydrogens (tertiary/aromatic N) is 1. The smallest absolute Gasteiger partial charge is 0.243 e. The highest BCUT2D eigenvalue weighted by molar-refractivity contribution is 5.88. The van der Waals surface area contributed by atoms with Crippen molar-refractivity contribution in [3.05, 3.63) is 95.6 Å². The highest BCUT2D eigenvalue weighted by Crippen LogP contribution is 2.31. The van der Waals surface area contributed by atoms with Crippen LogP contribution in [0.5, 0.6) is 11.5 Å². The zero-order valence-electron chi connectivity index (χ0n) is 21.8. The van der Waals surface area contributed by atoms with Gasteiger partial charge in [0.2, 0.25) is 11.8 Å². The van der Waals surface area contributed by atoms with Crippen molar-refractivity contribution in [1.29, 1.82) is 0 Å². The molecular weight excluding hydrogens is 476 g/mol. The lowest BCUT2D eigenvalue weighted by Crippen LogP contribution is -2.52. The van der Waals surface area contributed by atoms with Gasteiger partial charge >= 0.3 is 0 Å². The average Bonchev–Trinajstić information content (AvgIpc) is 3.47. The molecule has 0 spiro atoms. The predicted molar refractivity (Wildman–Crippen MR) is 147 cm³/mol. The number of rotatable bonds is 10. The van der Waals surface area contributed by atoms with Crippen LogP contribution < -0.4 is 14.8 Å². The number of hydrogen-bond acceptors (Lipinski definition) is 4. The molecule has 0 bridgehead atoms. The van der Waals surface area contributed by atoms with Crippen LogP contribution in [0, 0.1) is 0 Å². The zero-order valence-corrected chi connectivity index (χ0v) is 21.8. The molecule has 0 radical (unpaired) electrons.